The first kappa shape index (κ1) is 26.6. The summed E-state index contributed by atoms with van der Waals surface area (Å²) < 4.78 is 23.3. The summed E-state index contributed by atoms with van der Waals surface area (Å²) in [5.74, 6) is 2.80. The van der Waals surface area contributed by atoms with Crippen LogP contribution in [0.25, 0.3) is 0 Å². The molecule has 2 aromatic carbocycles. The van der Waals surface area contributed by atoms with Crippen molar-refractivity contribution in [2.24, 2.45) is 0 Å². The van der Waals surface area contributed by atoms with Crippen molar-refractivity contribution in [1.82, 2.24) is 4.98 Å². The Hall–Kier alpha value is -3.48. The van der Waals surface area contributed by atoms with Crippen molar-refractivity contribution >= 4 is 5.97 Å². The zero-order valence-electron chi connectivity index (χ0n) is 21.8. The molecule has 7 heteroatoms. The number of para-hydroxylation sites is 1. The highest BCUT2D eigenvalue weighted by atomic mass is 16.5. The van der Waals surface area contributed by atoms with E-state index in [1.807, 2.05) is 37.3 Å². The van der Waals surface area contributed by atoms with E-state index in [0.717, 1.165) is 35.7 Å². The molecule has 37 heavy (non-hydrogen) atoms. The second-order valence-corrected chi connectivity index (χ2v) is 9.64. The normalized spacial score (nSPS) is 15.4. The minimum Gasteiger partial charge on any atom is -0.493 e. The lowest BCUT2D eigenvalue weighted by atomic mass is 9.91. The predicted molar refractivity (Wildman–Crippen MR) is 141 cm³/mol. The molecule has 198 valence electrons. The van der Waals surface area contributed by atoms with E-state index < -0.39 is 12.1 Å². The molecule has 0 spiro atoms. The SMILES string of the molecule is COc1cc(CC(Oc2ccccc2)C(=O)O)ccc1OCCc1nc(C2CCCCCCC2)oc1C. The number of rotatable bonds is 11. The van der Waals surface area contributed by atoms with Crippen LogP contribution in [0.2, 0.25) is 0 Å². The van der Waals surface area contributed by atoms with E-state index in [-0.39, 0.29) is 6.42 Å². The van der Waals surface area contributed by atoms with Gasteiger partial charge in [-0.1, -0.05) is 56.4 Å². The van der Waals surface area contributed by atoms with Crippen molar-refractivity contribution in [2.75, 3.05) is 13.7 Å². The van der Waals surface area contributed by atoms with Gasteiger partial charge in [-0.2, -0.15) is 0 Å². The summed E-state index contributed by atoms with van der Waals surface area (Å²) in [6, 6.07) is 14.4. The van der Waals surface area contributed by atoms with E-state index in [1.165, 1.54) is 32.1 Å². The quantitative estimate of drug-likeness (QED) is 0.316. The van der Waals surface area contributed by atoms with Gasteiger partial charge in [-0.05, 0) is 49.6 Å². The van der Waals surface area contributed by atoms with Gasteiger partial charge in [-0.3, -0.25) is 0 Å². The summed E-state index contributed by atoms with van der Waals surface area (Å²) in [6.07, 6.45) is 8.55. The highest BCUT2D eigenvalue weighted by Crippen LogP contribution is 2.32. The van der Waals surface area contributed by atoms with Crippen LogP contribution in [-0.2, 0) is 17.6 Å². The van der Waals surface area contributed by atoms with Gasteiger partial charge in [0.15, 0.2) is 23.5 Å². The summed E-state index contributed by atoms with van der Waals surface area (Å²) >= 11 is 0. The molecule has 1 fully saturated rings. The maximum atomic E-state index is 11.8. The molecule has 0 amide bonds. The first-order valence-electron chi connectivity index (χ1n) is 13.2. The van der Waals surface area contributed by atoms with Gasteiger partial charge in [0.2, 0.25) is 0 Å². The number of aliphatic carboxylic acids is 1. The van der Waals surface area contributed by atoms with Crippen LogP contribution in [0.5, 0.6) is 17.2 Å². The van der Waals surface area contributed by atoms with Crippen LogP contribution in [0.4, 0.5) is 0 Å². The molecule has 1 aromatic heterocycles. The van der Waals surface area contributed by atoms with Gasteiger partial charge in [0.25, 0.3) is 0 Å². The Morgan fingerprint density at radius 3 is 2.49 bits per heavy atom. The number of nitrogens with zero attached hydrogens (tertiary/aromatic N) is 1. The summed E-state index contributed by atoms with van der Waals surface area (Å²) in [7, 11) is 1.57. The molecule has 1 aliphatic carbocycles. The van der Waals surface area contributed by atoms with Crippen LogP contribution in [-0.4, -0.2) is 35.9 Å². The fourth-order valence-corrected chi connectivity index (χ4v) is 4.83. The Labute approximate surface area is 218 Å². The average Bonchev–Trinajstić information content (AvgIpc) is 3.24. The number of methoxy groups -OCH3 is 1. The molecule has 1 heterocycles. The molecule has 0 radical (unpaired) electrons. The lowest BCUT2D eigenvalue weighted by molar-refractivity contribution is -0.145. The average molecular weight is 508 g/mol. The van der Waals surface area contributed by atoms with Gasteiger partial charge in [0.1, 0.15) is 11.5 Å². The first-order valence-corrected chi connectivity index (χ1v) is 13.2. The Balaban J connectivity index is 1.35. The topological polar surface area (TPSA) is 91.0 Å². The lowest BCUT2D eigenvalue weighted by Gasteiger charge is -2.17. The molecular weight excluding hydrogens is 470 g/mol. The van der Waals surface area contributed by atoms with Crippen molar-refractivity contribution in [1.29, 1.82) is 0 Å². The molecule has 3 aromatic rings. The predicted octanol–water partition coefficient (Wildman–Crippen LogP) is 6.52. The number of carbonyl (C=O) groups is 1. The molecule has 1 aliphatic rings. The Kier molecular flexibility index (Phi) is 9.46. The molecule has 1 saturated carbocycles. The number of oxazole rings is 1. The molecule has 1 atom stereocenters. The van der Waals surface area contributed by atoms with Crippen molar-refractivity contribution in [3.05, 3.63) is 71.4 Å². The number of hydrogen-bond acceptors (Lipinski definition) is 6. The standard InChI is InChI=1S/C30H37NO6/c1-21-25(31-29(36-21)23-11-7-4-3-5-8-12-23)17-18-35-26-16-15-22(19-27(26)34-2)20-28(30(32)33)37-24-13-9-6-10-14-24/h6,9-10,13-16,19,23,28H,3-5,7-8,11-12,17-18,20H2,1-2H3,(H,32,33). The van der Waals surface area contributed by atoms with Gasteiger partial charge in [0, 0.05) is 18.8 Å². The monoisotopic (exact) mass is 507 g/mol. The summed E-state index contributed by atoms with van der Waals surface area (Å²) in [5.41, 5.74) is 1.72. The molecule has 0 bridgehead atoms. The van der Waals surface area contributed by atoms with Crippen LogP contribution >= 0.6 is 0 Å². The molecule has 0 aliphatic heterocycles. The van der Waals surface area contributed by atoms with Gasteiger partial charge in [-0.25, -0.2) is 9.78 Å². The lowest BCUT2D eigenvalue weighted by Crippen LogP contribution is -2.29. The molecular formula is C30H37NO6. The van der Waals surface area contributed by atoms with Gasteiger partial charge in [-0.15, -0.1) is 0 Å². The number of aromatic nitrogens is 1. The van der Waals surface area contributed by atoms with Crippen molar-refractivity contribution in [2.45, 2.75) is 76.7 Å². The van der Waals surface area contributed by atoms with E-state index in [2.05, 4.69) is 0 Å². The van der Waals surface area contributed by atoms with Gasteiger partial charge in [0.05, 0.1) is 19.4 Å². The number of ether oxygens (including phenoxy) is 3. The van der Waals surface area contributed by atoms with E-state index in [0.29, 0.717) is 36.2 Å². The van der Waals surface area contributed by atoms with Gasteiger partial charge >= 0.3 is 5.97 Å². The minimum absolute atomic E-state index is 0.197. The van der Waals surface area contributed by atoms with Crippen LogP contribution in [0.15, 0.2) is 52.9 Å². The van der Waals surface area contributed by atoms with Crippen molar-refractivity contribution in [3.63, 3.8) is 0 Å². The van der Waals surface area contributed by atoms with Crippen molar-refractivity contribution in [3.8, 4) is 17.2 Å². The Bertz CT molecular complexity index is 1130. The Morgan fingerprint density at radius 1 is 1.05 bits per heavy atom. The Morgan fingerprint density at radius 2 is 1.78 bits per heavy atom. The van der Waals surface area contributed by atoms with E-state index >= 15 is 0 Å². The number of carboxylic acids is 1. The molecule has 7 nitrogen and oxygen atoms in total. The third kappa shape index (κ3) is 7.51. The fraction of sp³-hybridized carbons (Fsp3) is 0.467. The summed E-state index contributed by atoms with van der Waals surface area (Å²) in [4.78, 5) is 16.6. The van der Waals surface area contributed by atoms with Crippen LogP contribution in [0.1, 0.15) is 73.8 Å². The summed E-state index contributed by atoms with van der Waals surface area (Å²) in [5, 5.41) is 9.64. The zero-order valence-corrected chi connectivity index (χ0v) is 21.8. The van der Waals surface area contributed by atoms with E-state index in [1.54, 1.807) is 25.3 Å². The molecule has 0 saturated heterocycles. The molecule has 1 N–H and O–H groups in total. The smallest absolute Gasteiger partial charge is 0.345 e. The minimum atomic E-state index is -1.02. The third-order valence-electron chi connectivity index (χ3n) is 6.91. The maximum absolute atomic E-state index is 11.8. The second-order valence-electron chi connectivity index (χ2n) is 9.64. The highest BCUT2D eigenvalue weighted by Gasteiger charge is 2.22. The highest BCUT2D eigenvalue weighted by molar-refractivity contribution is 5.73. The third-order valence-corrected chi connectivity index (χ3v) is 6.91. The summed E-state index contributed by atoms with van der Waals surface area (Å²) in [6.45, 7) is 2.41. The van der Waals surface area contributed by atoms with E-state index in [4.69, 9.17) is 23.6 Å². The van der Waals surface area contributed by atoms with Crippen LogP contribution < -0.4 is 14.2 Å². The number of carboxylic acid groups (broad SMARTS) is 1. The molecule has 1 unspecified atom stereocenters. The second kappa shape index (κ2) is 13.2. The number of aryl methyl sites for hydroxylation is 1. The largest absolute Gasteiger partial charge is 0.493 e. The number of hydrogen-bond donors (Lipinski definition) is 1. The van der Waals surface area contributed by atoms with Gasteiger partial charge < -0.3 is 23.7 Å². The van der Waals surface area contributed by atoms with Crippen molar-refractivity contribution < 1.29 is 28.5 Å². The number of benzene rings is 2. The van der Waals surface area contributed by atoms with Crippen LogP contribution in [0, 0.1) is 6.92 Å². The molecule has 4 rings (SSSR count). The zero-order chi connectivity index (χ0) is 26.0. The fourth-order valence-electron chi connectivity index (χ4n) is 4.83. The van der Waals surface area contributed by atoms with Crippen LogP contribution in [0.3, 0.4) is 0 Å². The first-order chi connectivity index (χ1) is 18.0. The maximum Gasteiger partial charge on any atom is 0.345 e. The van der Waals surface area contributed by atoms with E-state index in [9.17, 15) is 9.90 Å².